The van der Waals surface area contributed by atoms with Crippen LogP contribution in [-0.2, 0) is 11.2 Å². The van der Waals surface area contributed by atoms with Crippen molar-refractivity contribution >= 4 is 11.4 Å². The van der Waals surface area contributed by atoms with E-state index in [1.165, 1.54) is 13.2 Å². The summed E-state index contributed by atoms with van der Waals surface area (Å²) in [4.78, 5) is 11.8. The molecule has 2 nitrogen and oxygen atoms in total. The molecule has 0 N–H and O–H groups in total. The first-order valence-electron chi connectivity index (χ1n) is 5.91. The molecule has 0 aromatic heterocycles. The number of ether oxygens (including phenoxy) is 1. The third-order valence-electron chi connectivity index (χ3n) is 3.06. The van der Waals surface area contributed by atoms with Gasteiger partial charge in [-0.1, -0.05) is 6.07 Å². The fraction of sp³-hybridized carbons (Fsp3) is 0.357. The Balaban J connectivity index is 2.55. The number of alkyl halides is 3. The minimum absolute atomic E-state index is 0.103. The molecule has 0 heterocycles. The maximum absolute atomic E-state index is 12.5. The number of methoxy groups -OCH3 is 1. The van der Waals surface area contributed by atoms with Crippen molar-refractivity contribution in [2.24, 2.45) is 0 Å². The van der Waals surface area contributed by atoms with Crippen molar-refractivity contribution in [2.75, 3.05) is 7.11 Å². The number of aryl methyl sites for hydroxylation is 1. The fourth-order valence-corrected chi connectivity index (χ4v) is 2.21. The summed E-state index contributed by atoms with van der Waals surface area (Å²) in [6.07, 6.45) is -3.13. The number of carbonyl (C=O) groups excluding carboxylic acids is 1. The van der Waals surface area contributed by atoms with Crippen LogP contribution in [0.3, 0.4) is 0 Å². The van der Waals surface area contributed by atoms with Crippen LogP contribution in [0.4, 0.5) is 13.2 Å². The summed E-state index contributed by atoms with van der Waals surface area (Å²) in [7, 11) is 1.50. The zero-order valence-electron chi connectivity index (χ0n) is 10.4. The van der Waals surface area contributed by atoms with Gasteiger partial charge in [0.1, 0.15) is 5.75 Å². The van der Waals surface area contributed by atoms with E-state index in [0.29, 0.717) is 24.2 Å². The van der Waals surface area contributed by atoms with Gasteiger partial charge in [-0.2, -0.15) is 13.2 Å². The van der Waals surface area contributed by atoms with Gasteiger partial charge in [0.15, 0.2) is 5.78 Å². The largest absolute Gasteiger partial charge is 0.497 e. The van der Waals surface area contributed by atoms with Crippen molar-refractivity contribution in [3.05, 3.63) is 35.4 Å². The van der Waals surface area contributed by atoms with Gasteiger partial charge in [-0.3, -0.25) is 4.79 Å². The van der Waals surface area contributed by atoms with E-state index >= 15 is 0 Å². The van der Waals surface area contributed by atoms with Crippen LogP contribution in [-0.4, -0.2) is 19.1 Å². The molecule has 0 atom stereocenters. The molecule has 0 amide bonds. The Hall–Kier alpha value is -1.78. The third kappa shape index (κ3) is 3.16. The zero-order chi connectivity index (χ0) is 14.0. The fourth-order valence-electron chi connectivity index (χ4n) is 2.21. The highest BCUT2D eigenvalue weighted by Crippen LogP contribution is 2.33. The van der Waals surface area contributed by atoms with Crippen molar-refractivity contribution < 1.29 is 22.7 Å². The Bertz CT molecular complexity index is 530. The smallest absolute Gasteiger partial charge is 0.410 e. The summed E-state index contributed by atoms with van der Waals surface area (Å²) in [5.74, 6) is 0.126. The Labute approximate surface area is 108 Å². The molecule has 1 aliphatic rings. The van der Waals surface area contributed by atoms with E-state index in [4.69, 9.17) is 4.74 Å². The monoisotopic (exact) mass is 270 g/mol. The average molecular weight is 270 g/mol. The van der Waals surface area contributed by atoms with Gasteiger partial charge in [-0.25, -0.2) is 0 Å². The van der Waals surface area contributed by atoms with E-state index in [1.807, 2.05) is 0 Å². The lowest BCUT2D eigenvalue weighted by molar-refractivity contribution is -0.114. The van der Waals surface area contributed by atoms with E-state index in [1.54, 1.807) is 12.1 Å². The number of benzene rings is 1. The molecular formula is C14H13F3O2. The number of carbonyl (C=O) groups is 1. The topological polar surface area (TPSA) is 26.3 Å². The molecular weight excluding hydrogens is 257 g/mol. The predicted octanol–water partition coefficient (Wildman–Crippen LogP) is 3.55. The molecule has 0 unspecified atom stereocenters. The molecule has 0 radical (unpaired) electrons. The molecule has 0 bridgehead atoms. The van der Waals surface area contributed by atoms with Gasteiger partial charge in [0, 0.05) is 18.1 Å². The summed E-state index contributed by atoms with van der Waals surface area (Å²) >= 11 is 0. The lowest BCUT2D eigenvalue weighted by Gasteiger charge is -2.11. The van der Waals surface area contributed by atoms with E-state index in [-0.39, 0.29) is 18.1 Å². The Morgan fingerprint density at radius 2 is 2.00 bits per heavy atom. The molecule has 2 rings (SSSR count). The van der Waals surface area contributed by atoms with E-state index < -0.39 is 12.0 Å². The minimum atomic E-state index is -4.49. The standard InChI is InChI=1S/C14H13F3O2/c1-19-10-5-6-11-9(7-10)3-2-4-13(18)12(11)8-14(15,16)17/h5-8H,2-4H2,1H3. The molecule has 1 aliphatic carbocycles. The molecule has 1 aromatic carbocycles. The highest BCUT2D eigenvalue weighted by atomic mass is 19.4. The number of hydrogen-bond acceptors (Lipinski definition) is 2. The Kier molecular flexibility index (Phi) is 3.64. The van der Waals surface area contributed by atoms with Crippen molar-refractivity contribution in [1.29, 1.82) is 0 Å². The van der Waals surface area contributed by atoms with Gasteiger partial charge in [0.25, 0.3) is 0 Å². The molecule has 5 heteroatoms. The first kappa shape index (κ1) is 13.6. The van der Waals surface area contributed by atoms with Gasteiger partial charge < -0.3 is 4.74 Å². The third-order valence-corrected chi connectivity index (χ3v) is 3.06. The molecule has 19 heavy (non-hydrogen) atoms. The maximum atomic E-state index is 12.5. The summed E-state index contributed by atoms with van der Waals surface area (Å²) in [6.45, 7) is 0. The van der Waals surface area contributed by atoms with Crippen molar-refractivity contribution in [3.8, 4) is 5.75 Å². The zero-order valence-corrected chi connectivity index (χ0v) is 10.4. The van der Waals surface area contributed by atoms with E-state index in [2.05, 4.69) is 0 Å². The minimum Gasteiger partial charge on any atom is -0.497 e. The first-order chi connectivity index (χ1) is 8.90. The summed E-state index contributed by atoms with van der Waals surface area (Å²) in [5.41, 5.74) is 0.837. The van der Waals surface area contributed by atoms with E-state index in [9.17, 15) is 18.0 Å². The molecule has 0 saturated heterocycles. The van der Waals surface area contributed by atoms with Crippen LogP contribution >= 0.6 is 0 Å². The SMILES string of the molecule is COc1ccc2c(c1)CCCC(=O)C2=CC(F)(F)F. The predicted molar refractivity (Wildman–Crippen MR) is 65.0 cm³/mol. The second-order valence-corrected chi connectivity index (χ2v) is 4.40. The van der Waals surface area contributed by atoms with Gasteiger partial charge >= 0.3 is 6.18 Å². The maximum Gasteiger partial charge on any atom is 0.410 e. The van der Waals surface area contributed by atoms with Crippen molar-refractivity contribution in [1.82, 2.24) is 0 Å². The highest BCUT2D eigenvalue weighted by molar-refractivity contribution is 6.21. The van der Waals surface area contributed by atoms with E-state index in [0.717, 1.165) is 5.56 Å². The molecule has 0 spiro atoms. The van der Waals surface area contributed by atoms with Crippen LogP contribution in [0.25, 0.3) is 5.57 Å². The number of Topliss-reactive ketones (excluding diaryl/α,β-unsaturated/α-hetero) is 1. The van der Waals surface area contributed by atoms with Crippen LogP contribution in [0.5, 0.6) is 5.75 Å². The summed E-state index contributed by atoms with van der Waals surface area (Å²) in [5, 5.41) is 0. The van der Waals surface area contributed by atoms with Crippen molar-refractivity contribution in [2.45, 2.75) is 25.4 Å². The Morgan fingerprint density at radius 3 is 2.63 bits per heavy atom. The van der Waals surface area contributed by atoms with Crippen molar-refractivity contribution in [3.63, 3.8) is 0 Å². The van der Waals surface area contributed by atoms with Gasteiger partial charge in [-0.05, 0) is 36.1 Å². The number of rotatable bonds is 1. The molecule has 1 aromatic rings. The number of ketones is 1. The number of allylic oxidation sites excluding steroid dienone is 2. The molecule has 0 fully saturated rings. The lowest BCUT2D eigenvalue weighted by atomic mass is 9.97. The summed E-state index contributed by atoms with van der Waals surface area (Å²) < 4.78 is 42.7. The average Bonchev–Trinajstić information content (AvgIpc) is 2.48. The highest BCUT2D eigenvalue weighted by Gasteiger charge is 2.29. The molecule has 0 saturated carbocycles. The van der Waals surface area contributed by atoms with Crippen LogP contribution < -0.4 is 4.74 Å². The second kappa shape index (κ2) is 5.07. The molecule has 102 valence electrons. The van der Waals surface area contributed by atoms with Crippen LogP contribution in [0.1, 0.15) is 24.0 Å². The van der Waals surface area contributed by atoms with Crippen LogP contribution in [0.15, 0.2) is 24.3 Å². The Morgan fingerprint density at radius 1 is 1.26 bits per heavy atom. The number of fused-ring (bicyclic) bond motifs is 1. The number of halogens is 3. The number of hydrogen-bond donors (Lipinski definition) is 0. The quantitative estimate of drug-likeness (QED) is 0.576. The second-order valence-electron chi connectivity index (χ2n) is 4.40. The first-order valence-corrected chi connectivity index (χ1v) is 5.91. The normalized spacial score (nSPS) is 18.1. The summed E-state index contributed by atoms with van der Waals surface area (Å²) in [6, 6.07) is 4.79. The van der Waals surface area contributed by atoms with Crippen LogP contribution in [0.2, 0.25) is 0 Å². The van der Waals surface area contributed by atoms with Gasteiger partial charge in [-0.15, -0.1) is 0 Å². The van der Waals surface area contributed by atoms with Crippen LogP contribution in [0, 0.1) is 0 Å². The van der Waals surface area contributed by atoms with Gasteiger partial charge in [0.05, 0.1) is 7.11 Å². The van der Waals surface area contributed by atoms with Gasteiger partial charge in [0.2, 0.25) is 0 Å². The lowest BCUT2D eigenvalue weighted by Crippen LogP contribution is -2.08. The molecule has 0 aliphatic heterocycles.